The molecule has 1 rings (SSSR count). The fourth-order valence-electron chi connectivity index (χ4n) is 1.62. The average molecular weight is 205 g/mol. The number of nitrogens with one attached hydrogen (secondary N) is 1. The summed E-state index contributed by atoms with van der Waals surface area (Å²) in [7, 11) is 0. The lowest BCUT2D eigenvalue weighted by Crippen LogP contribution is -2.27. The van der Waals surface area contributed by atoms with Gasteiger partial charge in [0.1, 0.15) is 0 Å². The highest BCUT2D eigenvalue weighted by Gasteiger charge is 2.07. The normalized spacial score (nSPS) is 12.3. The van der Waals surface area contributed by atoms with E-state index in [0.29, 0.717) is 0 Å². The Morgan fingerprint density at radius 1 is 1.33 bits per heavy atom. The van der Waals surface area contributed by atoms with E-state index >= 15 is 0 Å². The zero-order valence-electron chi connectivity index (χ0n) is 9.83. The van der Waals surface area contributed by atoms with Crippen LogP contribution in [-0.4, -0.2) is 4.98 Å². The molecular weight excluding hydrogens is 186 g/mol. The Balaban J connectivity index is 3.07. The van der Waals surface area contributed by atoms with Gasteiger partial charge in [-0.3, -0.25) is 10.8 Å². The van der Waals surface area contributed by atoms with Gasteiger partial charge in [0, 0.05) is 11.4 Å². The Kier molecular flexibility index (Phi) is 4.00. The van der Waals surface area contributed by atoms with Crippen molar-refractivity contribution in [3.05, 3.63) is 40.7 Å². The summed E-state index contributed by atoms with van der Waals surface area (Å²) < 4.78 is 0. The molecule has 3 heteroatoms. The van der Waals surface area contributed by atoms with Gasteiger partial charge in [-0.2, -0.15) is 0 Å². The number of hydrogen-bond acceptors (Lipinski definition) is 3. The van der Waals surface area contributed by atoms with Gasteiger partial charge in [0.25, 0.3) is 0 Å². The van der Waals surface area contributed by atoms with Crippen molar-refractivity contribution in [3.8, 4) is 0 Å². The van der Waals surface area contributed by atoms with E-state index in [-0.39, 0.29) is 6.04 Å². The molecule has 0 amide bonds. The third-order valence-corrected chi connectivity index (χ3v) is 2.14. The molecule has 1 aromatic rings. The number of nitrogens with zero attached hydrogens (tertiary/aromatic N) is 1. The molecule has 0 aliphatic rings. The van der Waals surface area contributed by atoms with Crippen LogP contribution in [0.2, 0.25) is 0 Å². The van der Waals surface area contributed by atoms with Crippen LogP contribution in [0.4, 0.5) is 0 Å². The summed E-state index contributed by atoms with van der Waals surface area (Å²) >= 11 is 0. The minimum Gasteiger partial charge on any atom is -0.271 e. The molecule has 1 heterocycles. The van der Waals surface area contributed by atoms with Gasteiger partial charge in [-0.25, -0.2) is 5.43 Å². The van der Waals surface area contributed by atoms with Crippen molar-refractivity contribution >= 4 is 0 Å². The molecule has 15 heavy (non-hydrogen) atoms. The maximum absolute atomic E-state index is 5.54. The molecular formula is C12H19N3. The molecule has 0 saturated carbocycles. The SMILES string of the molecule is CC(C)=CC(NN)c1cc(C)nc(C)c1. The van der Waals surface area contributed by atoms with Crippen molar-refractivity contribution in [3.63, 3.8) is 0 Å². The van der Waals surface area contributed by atoms with Crippen LogP contribution in [-0.2, 0) is 0 Å². The molecule has 0 radical (unpaired) electrons. The molecule has 3 N–H and O–H groups in total. The van der Waals surface area contributed by atoms with Crippen LogP contribution >= 0.6 is 0 Å². The second-order valence-corrected chi connectivity index (χ2v) is 4.07. The van der Waals surface area contributed by atoms with E-state index in [4.69, 9.17) is 5.84 Å². The van der Waals surface area contributed by atoms with Gasteiger partial charge in [0.05, 0.1) is 6.04 Å². The molecule has 1 atom stereocenters. The van der Waals surface area contributed by atoms with Crippen molar-refractivity contribution in [1.29, 1.82) is 0 Å². The summed E-state index contributed by atoms with van der Waals surface area (Å²) in [5.74, 6) is 5.54. The molecule has 0 aromatic carbocycles. The molecule has 0 fully saturated rings. The first-order valence-electron chi connectivity index (χ1n) is 5.09. The Labute approximate surface area is 91.4 Å². The number of nitrogens with two attached hydrogens (primary N) is 1. The third kappa shape index (κ3) is 3.46. The predicted octanol–water partition coefficient (Wildman–Crippen LogP) is 2.17. The van der Waals surface area contributed by atoms with Crippen molar-refractivity contribution in [1.82, 2.24) is 10.4 Å². The summed E-state index contributed by atoms with van der Waals surface area (Å²) in [6.45, 7) is 8.11. The number of rotatable bonds is 3. The maximum Gasteiger partial charge on any atom is 0.0644 e. The first kappa shape index (κ1) is 11.9. The summed E-state index contributed by atoms with van der Waals surface area (Å²) in [4.78, 5) is 4.34. The van der Waals surface area contributed by atoms with E-state index in [1.54, 1.807) is 0 Å². The molecule has 0 saturated heterocycles. The molecule has 82 valence electrons. The lowest BCUT2D eigenvalue weighted by Gasteiger charge is -2.14. The van der Waals surface area contributed by atoms with E-state index in [2.05, 4.69) is 42.5 Å². The quantitative estimate of drug-likeness (QED) is 0.452. The van der Waals surface area contributed by atoms with Crippen molar-refractivity contribution in [2.24, 2.45) is 5.84 Å². The summed E-state index contributed by atoms with van der Waals surface area (Å²) in [6, 6.07) is 4.17. The van der Waals surface area contributed by atoms with Crippen LogP contribution < -0.4 is 11.3 Å². The fraction of sp³-hybridized carbons (Fsp3) is 0.417. The zero-order valence-corrected chi connectivity index (χ0v) is 9.83. The molecule has 0 aliphatic heterocycles. The standard InChI is InChI=1S/C12H19N3/c1-8(2)5-12(15-13)11-6-9(3)14-10(4)7-11/h5-7,12,15H,13H2,1-4H3. The van der Waals surface area contributed by atoms with Gasteiger partial charge in [-0.05, 0) is 45.4 Å². The van der Waals surface area contributed by atoms with Gasteiger partial charge in [-0.1, -0.05) is 11.6 Å². The molecule has 1 unspecified atom stereocenters. The van der Waals surface area contributed by atoms with Crippen LogP contribution in [0.3, 0.4) is 0 Å². The summed E-state index contributed by atoms with van der Waals surface area (Å²) in [5.41, 5.74) is 7.24. The Morgan fingerprint density at radius 2 is 1.87 bits per heavy atom. The van der Waals surface area contributed by atoms with E-state index in [1.807, 2.05) is 13.8 Å². The first-order valence-corrected chi connectivity index (χ1v) is 5.09. The van der Waals surface area contributed by atoms with E-state index in [1.165, 1.54) is 5.57 Å². The third-order valence-electron chi connectivity index (χ3n) is 2.14. The maximum atomic E-state index is 5.54. The van der Waals surface area contributed by atoms with E-state index in [0.717, 1.165) is 17.0 Å². The van der Waals surface area contributed by atoms with Gasteiger partial charge in [0.2, 0.25) is 0 Å². The van der Waals surface area contributed by atoms with Crippen molar-refractivity contribution in [2.75, 3.05) is 0 Å². The largest absolute Gasteiger partial charge is 0.271 e. The van der Waals surface area contributed by atoms with Crippen LogP contribution in [0.5, 0.6) is 0 Å². The topological polar surface area (TPSA) is 50.9 Å². The lowest BCUT2D eigenvalue weighted by atomic mass is 10.0. The highest BCUT2D eigenvalue weighted by atomic mass is 15.2. The lowest BCUT2D eigenvalue weighted by molar-refractivity contribution is 0.649. The first-order chi connectivity index (χ1) is 7.02. The Bertz CT molecular complexity index is 345. The monoisotopic (exact) mass is 205 g/mol. The smallest absolute Gasteiger partial charge is 0.0644 e. The van der Waals surface area contributed by atoms with Gasteiger partial charge in [-0.15, -0.1) is 0 Å². The van der Waals surface area contributed by atoms with Crippen molar-refractivity contribution in [2.45, 2.75) is 33.7 Å². The van der Waals surface area contributed by atoms with E-state index < -0.39 is 0 Å². The van der Waals surface area contributed by atoms with E-state index in [9.17, 15) is 0 Å². The van der Waals surface area contributed by atoms with Crippen molar-refractivity contribution < 1.29 is 0 Å². The van der Waals surface area contributed by atoms with Crippen LogP contribution in [0, 0.1) is 13.8 Å². The van der Waals surface area contributed by atoms with Crippen LogP contribution in [0.15, 0.2) is 23.8 Å². The van der Waals surface area contributed by atoms with Crippen LogP contribution in [0.1, 0.15) is 36.8 Å². The number of pyridine rings is 1. The van der Waals surface area contributed by atoms with Gasteiger partial charge < -0.3 is 0 Å². The van der Waals surface area contributed by atoms with Gasteiger partial charge >= 0.3 is 0 Å². The summed E-state index contributed by atoms with van der Waals surface area (Å²) in [6.07, 6.45) is 2.11. The molecule has 1 aromatic heterocycles. The second-order valence-electron chi connectivity index (χ2n) is 4.07. The average Bonchev–Trinajstić information content (AvgIpc) is 2.12. The van der Waals surface area contributed by atoms with Crippen LogP contribution in [0.25, 0.3) is 0 Å². The molecule has 0 spiro atoms. The number of hydrogen-bond donors (Lipinski definition) is 2. The number of aromatic nitrogens is 1. The summed E-state index contributed by atoms with van der Waals surface area (Å²) in [5, 5.41) is 0. The highest BCUT2D eigenvalue weighted by molar-refractivity contribution is 5.27. The van der Waals surface area contributed by atoms with Gasteiger partial charge in [0.15, 0.2) is 0 Å². The zero-order chi connectivity index (χ0) is 11.4. The molecule has 0 bridgehead atoms. The second kappa shape index (κ2) is 5.05. The molecule has 0 aliphatic carbocycles. The number of aryl methyl sites for hydroxylation is 2. The Morgan fingerprint density at radius 3 is 2.27 bits per heavy atom. The minimum atomic E-state index is 0.0652. The number of allylic oxidation sites excluding steroid dienone is 1. The predicted molar refractivity (Wildman–Crippen MR) is 63.2 cm³/mol. The number of hydrazine groups is 1. The Hall–Kier alpha value is -1.19. The highest BCUT2D eigenvalue weighted by Crippen LogP contribution is 2.16. The molecule has 3 nitrogen and oxygen atoms in total. The fourth-order valence-corrected chi connectivity index (χ4v) is 1.62. The minimum absolute atomic E-state index is 0.0652.